The van der Waals surface area contributed by atoms with Crippen LogP contribution < -0.4 is 15.6 Å². The second-order valence-corrected chi connectivity index (χ2v) is 15.9. The van der Waals surface area contributed by atoms with E-state index in [0.717, 1.165) is 51.5 Å². The topological polar surface area (TPSA) is 156 Å². The third-order valence-electron chi connectivity index (χ3n) is 9.47. The molecule has 3 aliphatic rings. The van der Waals surface area contributed by atoms with Gasteiger partial charge in [-0.1, -0.05) is 46.9 Å². The number of rotatable bonds is 11. The van der Waals surface area contributed by atoms with Crippen LogP contribution in [0.25, 0.3) is 5.00 Å². The number of aldehydes is 1. The first kappa shape index (κ1) is 44.9. The van der Waals surface area contributed by atoms with Gasteiger partial charge in [-0.15, -0.1) is 21.5 Å². The number of likely N-dealkylation sites (tertiary alicyclic amines) is 1. The minimum Gasteiger partial charge on any atom is -0.378 e. The Labute approximate surface area is 357 Å². The summed E-state index contributed by atoms with van der Waals surface area (Å²) in [5.74, 6) is 1.90. The Morgan fingerprint density at radius 2 is 1.72 bits per heavy atom. The zero-order valence-corrected chi connectivity index (χ0v) is 36.3. The lowest BCUT2D eigenvalue weighted by molar-refractivity contribution is -0.135. The number of thiophene rings is 1. The van der Waals surface area contributed by atoms with Gasteiger partial charge in [0.25, 0.3) is 0 Å². The molecule has 2 N–H and O–H groups in total. The number of ether oxygens (including phenoxy) is 2. The highest BCUT2D eigenvalue weighted by atomic mass is 35.5. The molecule has 3 aliphatic heterocycles. The Morgan fingerprint density at radius 1 is 0.983 bits per heavy atom. The molecule has 1 fully saturated rings. The number of aliphatic imine (C=N–C) groups is 1. The Bertz CT molecular complexity index is 2120. The summed E-state index contributed by atoms with van der Waals surface area (Å²) in [5.41, 5.74) is 5.33. The monoisotopic (exact) mass is 871 g/mol. The number of benzene rings is 2. The van der Waals surface area contributed by atoms with E-state index in [9.17, 15) is 9.59 Å². The van der Waals surface area contributed by atoms with Crippen molar-refractivity contribution in [2.24, 2.45) is 16.0 Å². The summed E-state index contributed by atoms with van der Waals surface area (Å²) in [6.07, 6.45) is 1.99. The van der Waals surface area contributed by atoms with Gasteiger partial charge in [-0.2, -0.15) is 5.10 Å². The van der Waals surface area contributed by atoms with Crippen LogP contribution in [-0.4, -0.2) is 109 Å². The number of likely N-dealkylation sites (N-methyl/N-ethyl adjacent to an activating group) is 1. The van der Waals surface area contributed by atoms with E-state index >= 15 is 0 Å². The number of hydrogen-bond donors (Lipinski definition) is 2. The number of fused-ring (bicyclic) bond motifs is 3. The van der Waals surface area contributed by atoms with Gasteiger partial charge in [-0.25, -0.2) is 0 Å². The minimum absolute atomic E-state index is 0.00491. The highest BCUT2D eigenvalue weighted by Gasteiger charge is 2.32. The Morgan fingerprint density at radius 3 is 2.45 bits per heavy atom. The van der Waals surface area contributed by atoms with Gasteiger partial charge in [-0.3, -0.25) is 24.2 Å². The summed E-state index contributed by atoms with van der Waals surface area (Å²) in [6, 6.07) is 13.2. The molecule has 2 aromatic heterocycles. The first-order chi connectivity index (χ1) is 27.9. The number of amidine groups is 1. The fraction of sp³-hybridized carbons (Fsp3) is 0.425. The molecule has 2 amide bonds. The molecule has 0 spiro atoms. The third kappa shape index (κ3) is 11.5. The van der Waals surface area contributed by atoms with Crippen molar-refractivity contribution >= 4 is 81.5 Å². The van der Waals surface area contributed by atoms with Gasteiger partial charge in [0.1, 0.15) is 36.1 Å². The summed E-state index contributed by atoms with van der Waals surface area (Å²) in [6.45, 7) is 12.0. The van der Waals surface area contributed by atoms with Crippen LogP contribution >= 0.6 is 46.1 Å². The lowest BCUT2D eigenvalue weighted by Gasteiger charge is -2.16. The van der Waals surface area contributed by atoms with Crippen molar-refractivity contribution < 1.29 is 23.9 Å². The number of amides is 2. The van der Waals surface area contributed by atoms with Crippen molar-refractivity contribution in [3.63, 3.8) is 0 Å². The quantitative estimate of drug-likeness (QED) is 0.133. The molecule has 14 nitrogen and oxygen atoms in total. The van der Waals surface area contributed by atoms with Crippen LogP contribution in [0.1, 0.15) is 53.0 Å². The molecule has 58 heavy (non-hydrogen) atoms. The smallest absolute Gasteiger partial charge is 0.248 e. The van der Waals surface area contributed by atoms with E-state index in [1.807, 2.05) is 44.3 Å². The van der Waals surface area contributed by atoms with Crippen LogP contribution in [0.15, 0.2) is 52.6 Å². The second kappa shape index (κ2) is 21.7. The molecular weight excluding hydrogens is 825 g/mol. The zero-order valence-electron chi connectivity index (χ0n) is 33.2. The number of aryl methyl sites for hydroxylation is 2. The maximum absolute atomic E-state index is 12.7. The molecule has 18 heteroatoms. The standard InChI is InChI=1S/C21H29Cl2N5O4.C17H15ClN4S.C2H4O/c1-24-6-9-31-10-11-32-14-20(29)27-7-4-15(13-27)21(30)25-19-5-8-28(26-19)16-2-3-17(22)18(23)12-16;1-9-10(2)23-17-15(9)16(12-4-6-13(18)7-5-12)19-8-14-21-20-11(3)22(14)17;1-2-3/h2-3,12,15,24H,4-11,13-14H2,1H3,(H,25,26,30);4-7H,8H2,1-3H3;2H,1H3. The number of halogens is 3. The van der Waals surface area contributed by atoms with E-state index in [-0.39, 0.29) is 24.3 Å². The molecule has 0 aliphatic carbocycles. The lowest BCUT2D eigenvalue weighted by atomic mass is 10.00. The van der Waals surface area contributed by atoms with E-state index in [1.165, 1.54) is 22.9 Å². The van der Waals surface area contributed by atoms with E-state index < -0.39 is 0 Å². The summed E-state index contributed by atoms with van der Waals surface area (Å²) < 4.78 is 12.9. The number of anilines is 1. The average molecular weight is 873 g/mol. The van der Waals surface area contributed by atoms with E-state index in [2.05, 4.69) is 44.3 Å². The molecule has 7 rings (SSSR count). The van der Waals surface area contributed by atoms with Crippen molar-refractivity contribution in [2.75, 3.05) is 64.7 Å². The highest BCUT2D eigenvalue weighted by Crippen LogP contribution is 2.36. The molecule has 1 atom stereocenters. The molecule has 5 heterocycles. The maximum atomic E-state index is 12.7. The molecule has 1 saturated heterocycles. The molecule has 4 aromatic rings. The molecule has 0 radical (unpaired) electrons. The van der Waals surface area contributed by atoms with Crippen LogP contribution in [-0.2, 0) is 30.4 Å². The second-order valence-electron chi connectivity index (χ2n) is 13.5. The predicted octanol–water partition coefficient (Wildman–Crippen LogP) is 6.20. The number of nitrogens with zero attached hydrogens (tertiary/aromatic N) is 7. The van der Waals surface area contributed by atoms with Gasteiger partial charge < -0.3 is 29.8 Å². The van der Waals surface area contributed by atoms with Crippen molar-refractivity contribution in [1.29, 1.82) is 0 Å². The first-order valence-electron chi connectivity index (χ1n) is 18.9. The lowest BCUT2D eigenvalue weighted by Crippen LogP contribution is -2.38. The summed E-state index contributed by atoms with van der Waals surface area (Å²) >= 11 is 19.8. The van der Waals surface area contributed by atoms with Gasteiger partial charge in [0, 0.05) is 53.6 Å². The Balaban J connectivity index is 0.000000216. The summed E-state index contributed by atoms with van der Waals surface area (Å²) in [5, 5.41) is 23.5. The van der Waals surface area contributed by atoms with Crippen LogP contribution in [0.3, 0.4) is 0 Å². The van der Waals surface area contributed by atoms with Crippen LogP contribution in [0, 0.1) is 26.7 Å². The van der Waals surface area contributed by atoms with Crippen LogP contribution in [0.5, 0.6) is 0 Å². The van der Waals surface area contributed by atoms with Crippen LogP contribution in [0.2, 0.25) is 15.1 Å². The third-order valence-corrected chi connectivity index (χ3v) is 11.7. The van der Waals surface area contributed by atoms with Gasteiger partial charge in [0.2, 0.25) is 11.8 Å². The zero-order chi connectivity index (χ0) is 41.8. The van der Waals surface area contributed by atoms with Crippen molar-refractivity contribution in [3.8, 4) is 5.00 Å². The minimum atomic E-state index is -0.259. The summed E-state index contributed by atoms with van der Waals surface area (Å²) in [4.78, 5) is 41.6. The number of aromatic nitrogens is 3. The van der Waals surface area contributed by atoms with Gasteiger partial charge in [0.05, 0.1) is 47.2 Å². The van der Waals surface area contributed by atoms with Gasteiger partial charge >= 0.3 is 0 Å². The fourth-order valence-corrected chi connectivity index (χ4v) is 8.00. The first-order valence-corrected chi connectivity index (χ1v) is 20.8. The number of hydrazone groups is 1. The largest absolute Gasteiger partial charge is 0.378 e. The van der Waals surface area contributed by atoms with Gasteiger partial charge in [-0.05, 0) is 77.1 Å². The number of carbonyl (C=O) groups is 3. The van der Waals surface area contributed by atoms with Crippen molar-refractivity contribution in [1.82, 2.24) is 30.3 Å². The van der Waals surface area contributed by atoms with Crippen molar-refractivity contribution in [2.45, 2.75) is 47.1 Å². The highest BCUT2D eigenvalue weighted by molar-refractivity contribution is 7.15. The normalized spacial score (nSPS) is 15.6. The molecule has 0 saturated carbocycles. The molecule has 2 aromatic carbocycles. The molecule has 1 unspecified atom stereocenters. The summed E-state index contributed by atoms with van der Waals surface area (Å²) in [7, 11) is 1.86. The average Bonchev–Trinajstić information content (AvgIpc) is 4.00. The number of nitrogens with one attached hydrogen (secondary N) is 2. The fourth-order valence-electron chi connectivity index (χ4n) is 6.36. The van der Waals surface area contributed by atoms with E-state index in [4.69, 9.17) is 54.1 Å². The van der Waals surface area contributed by atoms with Crippen molar-refractivity contribution in [3.05, 3.63) is 90.7 Å². The number of hydrogen-bond acceptors (Lipinski definition) is 12. The van der Waals surface area contributed by atoms with Crippen LogP contribution in [0.4, 0.5) is 5.69 Å². The predicted molar refractivity (Wildman–Crippen MR) is 230 cm³/mol. The molecule has 310 valence electrons. The maximum Gasteiger partial charge on any atom is 0.248 e. The SMILES string of the molecule is CC=O.CNCCOCCOCC(=O)N1CCC(C(=O)NC2=NN(c3ccc(Cl)c(Cl)c3)CC2)C1.Cc1sc2c(c1C)C(c1ccc(Cl)cc1)=NCc1nnc(C)n1-2. The number of carbonyl (C=O) groups excluding carboxylic acids is 3. The molecular formula is C40H48Cl3N9O5S. The molecule has 0 bridgehead atoms. The Kier molecular flexibility index (Phi) is 16.8. The van der Waals surface area contributed by atoms with E-state index in [0.29, 0.717) is 74.7 Å². The Hall–Kier alpha value is -4.22. The van der Waals surface area contributed by atoms with E-state index in [1.54, 1.807) is 33.4 Å². The van der Waals surface area contributed by atoms with Gasteiger partial charge in [0.15, 0.2) is 5.82 Å².